The van der Waals surface area contributed by atoms with E-state index in [1.165, 1.54) is 42.4 Å². The smallest absolute Gasteiger partial charge is 0.227 e. The van der Waals surface area contributed by atoms with Crippen molar-refractivity contribution >= 4 is 5.91 Å². The van der Waals surface area contributed by atoms with Crippen LogP contribution in [-0.4, -0.2) is 37.0 Å². The number of likely N-dealkylation sites (tertiary alicyclic amines) is 1. The molecule has 20 heavy (non-hydrogen) atoms. The van der Waals surface area contributed by atoms with Gasteiger partial charge in [-0.3, -0.25) is 4.79 Å². The summed E-state index contributed by atoms with van der Waals surface area (Å²) < 4.78 is 0. The summed E-state index contributed by atoms with van der Waals surface area (Å²) in [6.45, 7) is 1.78. The highest BCUT2D eigenvalue weighted by atomic mass is 16.2. The van der Waals surface area contributed by atoms with E-state index < -0.39 is 0 Å². The van der Waals surface area contributed by atoms with Gasteiger partial charge in [0.1, 0.15) is 0 Å². The summed E-state index contributed by atoms with van der Waals surface area (Å²) in [5.74, 6) is 0.280. The van der Waals surface area contributed by atoms with Crippen LogP contribution < -0.4 is 5.32 Å². The van der Waals surface area contributed by atoms with Gasteiger partial charge in [-0.05, 0) is 55.8 Å². The van der Waals surface area contributed by atoms with Gasteiger partial charge in [0.2, 0.25) is 5.91 Å². The Kier molecular flexibility index (Phi) is 4.06. The van der Waals surface area contributed by atoms with Gasteiger partial charge in [0, 0.05) is 19.1 Å². The molecule has 108 valence electrons. The number of aryl methyl sites for hydroxylation is 2. The summed E-state index contributed by atoms with van der Waals surface area (Å²) in [7, 11) is 1.99. The molecule has 0 saturated carbocycles. The van der Waals surface area contributed by atoms with Crippen molar-refractivity contribution < 1.29 is 4.79 Å². The maximum Gasteiger partial charge on any atom is 0.227 e. The first-order chi connectivity index (χ1) is 9.76. The van der Waals surface area contributed by atoms with Crippen molar-refractivity contribution in [2.24, 2.45) is 0 Å². The van der Waals surface area contributed by atoms with E-state index in [1.54, 1.807) is 0 Å². The lowest BCUT2D eigenvalue weighted by Gasteiger charge is -2.32. The first kappa shape index (κ1) is 13.6. The topological polar surface area (TPSA) is 32.3 Å². The SMILES string of the molecule is CNC1CCCN(C(=O)Cc2ccc3c(c2)CCC3)C1. The van der Waals surface area contributed by atoms with Gasteiger partial charge in [-0.2, -0.15) is 0 Å². The zero-order chi connectivity index (χ0) is 13.9. The lowest BCUT2D eigenvalue weighted by molar-refractivity contribution is -0.131. The quantitative estimate of drug-likeness (QED) is 0.912. The van der Waals surface area contributed by atoms with Crippen LogP contribution in [-0.2, 0) is 24.1 Å². The van der Waals surface area contributed by atoms with Crippen LogP contribution in [0.25, 0.3) is 0 Å². The third-order valence-corrected chi connectivity index (χ3v) is 4.70. The minimum Gasteiger partial charge on any atom is -0.341 e. The number of amides is 1. The molecule has 1 saturated heterocycles. The van der Waals surface area contributed by atoms with Crippen LogP contribution >= 0.6 is 0 Å². The molecule has 0 bridgehead atoms. The normalized spacial score (nSPS) is 21.9. The molecule has 1 aromatic rings. The number of likely N-dealkylation sites (N-methyl/N-ethyl adjacent to an activating group) is 1. The molecule has 2 aliphatic rings. The molecule has 1 aromatic carbocycles. The van der Waals surface area contributed by atoms with E-state index in [-0.39, 0.29) is 5.91 Å². The molecule has 1 amide bonds. The standard InChI is InChI=1S/C17H24N2O/c1-18-16-6-3-9-19(12-16)17(20)11-13-7-8-14-4-2-5-15(14)10-13/h7-8,10,16,18H,2-6,9,11-12H2,1H3. The van der Waals surface area contributed by atoms with Gasteiger partial charge in [0.05, 0.1) is 6.42 Å². The highest BCUT2D eigenvalue weighted by Crippen LogP contribution is 2.23. The Bertz CT molecular complexity index is 498. The molecule has 3 rings (SSSR count). The molecule has 1 aliphatic heterocycles. The van der Waals surface area contributed by atoms with E-state index in [2.05, 4.69) is 23.5 Å². The summed E-state index contributed by atoms with van der Waals surface area (Å²) in [5, 5.41) is 3.29. The Morgan fingerprint density at radius 1 is 1.30 bits per heavy atom. The molecule has 1 unspecified atom stereocenters. The van der Waals surface area contributed by atoms with Gasteiger partial charge in [-0.15, -0.1) is 0 Å². The van der Waals surface area contributed by atoms with Gasteiger partial charge in [0.15, 0.2) is 0 Å². The van der Waals surface area contributed by atoms with E-state index in [9.17, 15) is 4.79 Å². The zero-order valence-electron chi connectivity index (χ0n) is 12.3. The van der Waals surface area contributed by atoms with E-state index in [1.807, 2.05) is 11.9 Å². The number of hydrogen-bond donors (Lipinski definition) is 1. The summed E-state index contributed by atoms with van der Waals surface area (Å²) in [4.78, 5) is 14.5. The van der Waals surface area contributed by atoms with Crippen molar-refractivity contribution in [3.8, 4) is 0 Å². The number of benzene rings is 1. The number of rotatable bonds is 3. The molecule has 0 spiro atoms. The molecular weight excluding hydrogens is 248 g/mol. The molecule has 1 heterocycles. The molecular formula is C17H24N2O. The molecule has 0 aromatic heterocycles. The Morgan fingerprint density at radius 2 is 2.15 bits per heavy atom. The second-order valence-electron chi connectivity index (χ2n) is 6.10. The predicted molar refractivity (Wildman–Crippen MR) is 80.8 cm³/mol. The molecule has 3 heteroatoms. The zero-order valence-corrected chi connectivity index (χ0v) is 12.3. The predicted octanol–water partition coefficient (Wildman–Crippen LogP) is 1.93. The maximum absolute atomic E-state index is 12.4. The van der Waals surface area contributed by atoms with Crippen LogP contribution in [0.2, 0.25) is 0 Å². The molecule has 1 aliphatic carbocycles. The van der Waals surface area contributed by atoms with Crippen LogP contribution in [0.3, 0.4) is 0 Å². The van der Waals surface area contributed by atoms with Gasteiger partial charge in [0.25, 0.3) is 0 Å². The maximum atomic E-state index is 12.4. The number of hydrogen-bond acceptors (Lipinski definition) is 2. The van der Waals surface area contributed by atoms with Crippen LogP contribution in [0.1, 0.15) is 36.0 Å². The van der Waals surface area contributed by atoms with Crippen LogP contribution in [0.4, 0.5) is 0 Å². The van der Waals surface area contributed by atoms with E-state index in [0.717, 1.165) is 19.5 Å². The van der Waals surface area contributed by atoms with Crippen molar-refractivity contribution in [1.29, 1.82) is 0 Å². The van der Waals surface area contributed by atoms with Crippen molar-refractivity contribution in [2.75, 3.05) is 20.1 Å². The Balaban J connectivity index is 1.63. The van der Waals surface area contributed by atoms with Crippen molar-refractivity contribution in [3.05, 3.63) is 34.9 Å². The third kappa shape index (κ3) is 2.88. The molecule has 0 radical (unpaired) electrons. The fraction of sp³-hybridized carbons (Fsp3) is 0.588. The monoisotopic (exact) mass is 272 g/mol. The number of carbonyl (C=O) groups excluding carboxylic acids is 1. The average Bonchev–Trinajstić information content (AvgIpc) is 2.95. The van der Waals surface area contributed by atoms with Gasteiger partial charge in [-0.25, -0.2) is 0 Å². The number of fused-ring (bicyclic) bond motifs is 1. The van der Waals surface area contributed by atoms with E-state index >= 15 is 0 Å². The second-order valence-corrected chi connectivity index (χ2v) is 6.10. The first-order valence-corrected chi connectivity index (χ1v) is 7.82. The van der Waals surface area contributed by atoms with Crippen LogP contribution in [0.5, 0.6) is 0 Å². The van der Waals surface area contributed by atoms with Gasteiger partial charge < -0.3 is 10.2 Å². The van der Waals surface area contributed by atoms with Gasteiger partial charge in [-0.1, -0.05) is 18.2 Å². The van der Waals surface area contributed by atoms with Gasteiger partial charge >= 0.3 is 0 Å². The molecule has 1 N–H and O–H groups in total. The summed E-state index contributed by atoms with van der Waals surface area (Å²) in [5.41, 5.74) is 4.12. The van der Waals surface area contributed by atoms with Crippen LogP contribution in [0.15, 0.2) is 18.2 Å². The van der Waals surface area contributed by atoms with Crippen LogP contribution in [0, 0.1) is 0 Å². The number of nitrogens with one attached hydrogen (secondary N) is 1. The fourth-order valence-electron chi connectivity index (χ4n) is 3.46. The highest BCUT2D eigenvalue weighted by Gasteiger charge is 2.22. The summed E-state index contributed by atoms with van der Waals surface area (Å²) in [6.07, 6.45) is 6.51. The first-order valence-electron chi connectivity index (χ1n) is 7.82. The largest absolute Gasteiger partial charge is 0.341 e. The number of carbonyl (C=O) groups is 1. The lowest BCUT2D eigenvalue weighted by Crippen LogP contribution is -2.47. The molecule has 1 atom stereocenters. The Morgan fingerprint density at radius 3 is 3.00 bits per heavy atom. The molecule has 1 fully saturated rings. The van der Waals surface area contributed by atoms with Crippen molar-refractivity contribution in [1.82, 2.24) is 10.2 Å². The number of piperidine rings is 1. The minimum absolute atomic E-state index is 0.280. The molecule has 3 nitrogen and oxygen atoms in total. The van der Waals surface area contributed by atoms with Crippen molar-refractivity contribution in [3.63, 3.8) is 0 Å². The third-order valence-electron chi connectivity index (χ3n) is 4.70. The Labute approximate surface area is 121 Å². The minimum atomic E-state index is 0.280. The number of nitrogens with zero attached hydrogens (tertiary/aromatic N) is 1. The summed E-state index contributed by atoms with van der Waals surface area (Å²) in [6, 6.07) is 7.08. The van der Waals surface area contributed by atoms with Crippen molar-refractivity contribution in [2.45, 2.75) is 44.6 Å². The fourth-order valence-corrected chi connectivity index (χ4v) is 3.46. The average molecular weight is 272 g/mol. The van der Waals surface area contributed by atoms with E-state index in [0.29, 0.717) is 12.5 Å². The highest BCUT2D eigenvalue weighted by molar-refractivity contribution is 5.79. The second kappa shape index (κ2) is 5.96. The Hall–Kier alpha value is -1.35. The lowest BCUT2D eigenvalue weighted by atomic mass is 10.0. The summed E-state index contributed by atoms with van der Waals surface area (Å²) >= 11 is 0. The van der Waals surface area contributed by atoms with E-state index in [4.69, 9.17) is 0 Å².